The number of nitrogens with one attached hydrogen (secondary N) is 1. The number of carbonyl (C=O) groups is 1. The summed E-state index contributed by atoms with van der Waals surface area (Å²) in [5, 5.41) is 6.98. The number of hydrogen-bond donors (Lipinski definition) is 1. The fourth-order valence-corrected chi connectivity index (χ4v) is 2.56. The Kier molecular flexibility index (Phi) is 4.46. The molecule has 3 rings (SSSR count). The van der Waals surface area contributed by atoms with Gasteiger partial charge in [0.25, 0.3) is 5.91 Å². The fourth-order valence-electron chi connectivity index (χ4n) is 2.56. The van der Waals surface area contributed by atoms with Crippen molar-refractivity contribution in [2.24, 2.45) is 5.16 Å². The summed E-state index contributed by atoms with van der Waals surface area (Å²) in [6, 6.07) is 11.3. The lowest BCUT2D eigenvalue weighted by Crippen LogP contribution is -2.44. The molecule has 6 heteroatoms. The number of oxime groups is 1. The molecule has 0 fully saturated rings. The van der Waals surface area contributed by atoms with Crippen molar-refractivity contribution in [3.05, 3.63) is 59.9 Å². The number of ether oxygens (including phenoxy) is 1. The SMILES string of the molecule is COc1ccccc1C1=NOC(C)(C(=O)NCc2cccnc2)C1. The maximum Gasteiger partial charge on any atom is 0.267 e. The van der Waals surface area contributed by atoms with E-state index in [4.69, 9.17) is 9.57 Å². The Labute approximate surface area is 140 Å². The lowest BCUT2D eigenvalue weighted by molar-refractivity contribution is -0.141. The Morgan fingerprint density at radius 1 is 1.33 bits per heavy atom. The van der Waals surface area contributed by atoms with Crippen LogP contribution in [-0.2, 0) is 16.2 Å². The Balaban J connectivity index is 1.67. The largest absolute Gasteiger partial charge is 0.496 e. The standard InChI is InChI=1S/C18H19N3O3/c1-18(17(22)20-12-13-6-5-9-19-11-13)10-15(21-24-18)14-7-3-4-8-16(14)23-2/h3-9,11H,10,12H2,1-2H3,(H,20,22). The van der Waals surface area contributed by atoms with Gasteiger partial charge in [0.2, 0.25) is 5.60 Å². The summed E-state index contributed by atoms with van der Waals surface area (Å²) in [6.45, 7) is 2.13. The average Bonchev–Trinajstić information content (AvgIpc) is 3.04. The third-order valence-electron chi connectivity index (χ3n) is 3.94. The molecule has 1 aromatic heterocycles. The number of pyridine rings is 1. The molecule has 1 aliphatic heterocycles. The molecule has 0 aliphatic carbocycles. The number of nitrogens with zero attached hydrogens (tertiary/aromatic N) is 2. The summed E-state index contributed by atoms with van der Waals surface area (Å²) in [6.07, 6.45) is 3.79. The molecule has 2 aromatic rings. The van der Waals surface area contributed by atoms with Crippen molar-refractivity contribution in [1.29, 1.82) is 0 Å². The molecule has 24 heavy (non-hydrogen) atoms. The highest BCUT2D eigenvalue weighted by Gasteiger charge is 2.42. The van der Waals surface area contributed by atoms with Crippen molar-refractivity contribution in [3.8, 4) is 5.75 Å². The van der Waals surface area contributed by atoms with Crippen molar-refractivity contribution >= 4 is 11.6 Å². The van der Waals surface area contributed by atoms with Gasteiger partial charge in [-0.3, -0.25) is 9.78 Å². The minimum atomic E-state index is -1.03. The number of carbonyl (C=O) groups excluding carboxylic acids is 1. The molecule has 124 valence electrons. The first-order chi connectivity index (χ1) is 11.6. The van der Waals surface area contributed by atoms with Gasteiger partial charge in [0, 0.05) is 30.9 Å². The van der Waals surface area contributed by atoms with Crippen LogP contribution < -0.4 is 10.1 Å². The van der Waals surface area contributed by atoms with E-state index in [9.17, 15) is 4.79 Å². The molecule has 6 nitrogen and oxygen atoms in total. The second-order valence-corrected chi connectivity index (χ2v) is 5.78. The maximum atomic E-state index is 12.5. The van der Waals surface area contributed by atoms with Gasteiger partial charge in [0.1, 0.15) is 5.75 Å². The molecule has 1 aromatic carbocycles. The highest BCUT2D eigenvalue weighted by Crippen LogP contribution is 2.30. The number of para-hydroxylation sites is 1. The van der Waals surface area contributed by atoms with E-state index in [0.717, 1.165) is 11.1 Å². The zero-order valence-corrected chi connectivity index (χ0v) is 13.7. The summed E-state index contributed by atoms with van der Waals surface area (Å²) < 4.78 is 5.35. The van der Waals surface area contributed by atoms with E-state index in [1.165, 1.54) is 0 Å². The van der Waals surface area contributed by atoms with Gasteiger partial charge in [0.15, 0.2) is 0 Å². The predicted molar refractivity (Wildman–Crippen MR) is 89.7 cm³/mol. The molecule has 1 atom stereocenters. The smallest absolute Gasteiger partial charge is 0.267 e. The molecule has 0 radical (unpaired) electrons. The van der Waals surface area contributed by atoms with Crippen LogP contribution in [0.3, 0.4) is 0 Å². The average molecular weight is 325 g/mol. The third-order valence-corrected chi connectivity index (χ3v) is 3.94. The van der Waals surface area contributed by atoms with E-state index in [2.05, 4.69) is 15.5 Å². The van der Waals surface area contributed by atoms with Crippen LogP contribution in [0.15, 0.2) is 53.9 Å². The predicted octanol–water partition coefficient (Wildman–Crippen LogP) is 2.29. The molecule has 0 saturated heterocycles. The summed E-state index contributed by atoms with van der Waals surface area (Å²) in [5.41, 5.74) is 1.44. The zero-order chi connectivity index (χ0) is 17.0. The molecule has 0 spiro atoms. The summed E-state index contributed by atoms with van der Waals surface area (Å²) >= 11 is 0. The molecule has 1 aliphatic rings. The number of methoxy groups -OCH3 is 1. The van der Waals surface area contributed by atoms with Crippen molar-refractivity contribution in [1.82, 2.24) is 10.3 Å². The molecule has 2 heterocycles. The second kappa shape index (κ2) is 6.70. The van der Waals surface area contributed by atoms with Crippen LogP contribution in [0.5, 0.6) is 5.75 Å². The van der Waals surface area contributed by atoms with Gasteiger partial charge in [-0.25, -0.2) is 0 Å². The minimum Gasteiger partial charge on any atom is -0.496 e. The lowest BCUT2D eigenvalue weighted by Gasteiger charge is -2.20. The van der Waals surface area contributed by atoms with Gasteiger partial charge in [0.05, 0.1) is 12.8 Å². The Hall–Kier alpha value is -2.89. The van der Waals surface area contributed by atoms with E-state index in [1.54, 1.807) is 26.4 Å². The van der Waals surface area contributed by atoms with Crippen LogP contribution >= 0.6 is 0 Å². The van der Waals surface area contributed by atoms with Gasteiger partial charge in [-0.2, -0.15) is 0 Å². The highest BCUT2D eigenvalue weighted by atomic mass is 16.7. The number of amides is 1. The lowest BCUT2D eigenvalue weighted by atomic mass is 9.94. The fraction of sp³-hybridized carbons (Fsp3) is 0.278. The van der Waals surface area contributed by atoms with E-state index in [0.29, 0.717) is 24.4 Å². The molecule has 0 saturated carbocycles. The summed E-state index contributed by atoms with van der Waals surface area (Å²) in [5.74, 6) is 0.500. The van der Waals surface area contributed by atoms with Gasteiger partial charge in [-0.1, -0.05) is 23.4 Å². The van der Waals surface area contributed by atoms with E-state index in [-0.39, 0.29) is 5.91 Å². The number of rotatable bonds is 5. The number of benzene rings is 1. The summed E-state index contributed by atoms with van der Waals surface area (Å²) in [7, 11) is 1.61. The molecular formula is C18H19N3O3. The monoisotopic (exact) mass is 325 g/mol. The number of hydrogen-bond acceptors (Lipinski definition) is 5. The third kappa shape index (κ3) is 3.22. The van der Waals surface area contributed by atoms with E-state index >= 15 is 0 Å². The van der Waals surface area contributed by atoms with Crippen LogP contribution in [0.2, 0.25) is 0 Å². The van der Waals surface area contributed by atoms with Crippen LogP contribution in [0.25, 0.3) is 0 Å². The van der Waals surface area contributed by atoms with Crippen molar-refractivity contribution in [3.63, 3.8) is 0 Å². The minimum absolute atomic E-state index is 0.208. The molecular weight excluding hydrogens is 306 g/mol. The van der Waals surface area contributed by atoms with E-state index < -0.39 is 5.60 Å². The Morgan fingerprint density at radius 3 is 2.92 bits per heavy atom. The molecule has 1 amide bonds. The van der Waals surface area contributed by atoms with Gasteiger partial charge < -0.3 is 14.9 Å². The molecule has 1 unspecified atom stereocenters. The van der Waals surface area contributed by atoms with Crippen LogP contribution in [-0.4, -0.2) is 29.3 Å². The van der Waals surface area contributed by atoms with Crippen molar-refractivity contribution in [2.45, 2.75) is 25.5 Å². The maximum absolute atomic E-state index is 12.5. The first-order valence-corrected chi connectivity index (χ1v) is 7.68. The Morgan fingerprint density at radius 2 is 2.17 bits per heavy atom. The first kappa shape index (κ1) is 16.0. The second-order valence-electron chi connectivity index (χ2n) is 5.78. The van der Waals surface area contributed by atoms with Crippen molar-refractivity contribution < 1.29 is 14.4 Å². The van der Waals surface area contributed by atoms with E-state index in [1.807, 2.05) is 36.4 Å². The first-order valence-electron chi connectivity index (χ1n) is 7.68. The van der Waals surface area contributed by atoms with Crippen LogP contribution in [0.4, 0.5) is 0 Å². The highest BCUT2D eigenvalue weighted by molar-refractivity contribution is 6.07. The zero-order valence-electron chi connectivity index (χ0n) is 13.7. The van der Waals surface area contributed by atoms with Gasteiger partial charge in [-0.15, -0.1) is 0 Å². The summed E-state index contributed by atoms with van der Waals surface area (Å²) in [4.78, 5) is 22.0. The molecule has 0 bridgehead atoms. The van der Waals surface area contributed by atoms with Crippen LogP contribution in [0.1, 0.15) is 24.5 Å². The quantitative estimate of drug-likeness (QED) is 0.915. The van der Waals surface area contributed by atoms with Gasteiger partial charge in [-0.05, 0) is 30.7 Å². The molecule has 1 N–H and O–H groups in total. The number of aromatic nitrogens is 1. The van der Waals surface area contributed by atoms with Crippen molar-refractivity contribution in [2.75, 3.05) is 7.11 Å². The normalized spacial score (nSPS) is 19.3. The Bertz CT molecular complexity index is 761. The van der Waals surface area contributed by atoms with Crippen LogP contribution in [0, 0.1) is 0 Å². The van der Waals surface area contributed by atoms with Gasteiger partial charge >= 0.3 is 0 Å². The topological polar surface area (TPSA) is 72.8 Å².